The fourth-order valence-corrected chi connectivity index (χ4v) is 4.81. The number of benzene rings is 4. The second-order valence-corrected chi connectivity index (χ2v) is 10.1. The molecule has 0 fully saturated rings. The number of pyridine rings is 1. The van der Waals surface area contributed by atoms with E-state index in [0.717, 1.165) is 40.7 Å². The number of hydrogen-bond acceptors (Lipinski definition) is 6. The maximum Gasteiger partial charge on any atom is 0.248 e. The highest BCUT2D eigenvalue weighted by Gasteiger charge is 2.15. The second-order valence-electron chi connectivity index (χ2n) is 10.1. The summed E-state index contributed by atoms with van der Waals surface area (Å²) in [6.07, 6.45) is 0.0867. The van der Waals surface area contributed by atoms with E-state index < -0.39 is 6.10 Å². The lowest BCUT2D eigenvalue weighted by atomic mass is 10.0. The van der Waals surface area contributed by atoms with Gasteiger partial charge in [-0.15, -0.1) is 0 Å². The Hall–Kier alpha value is -4.43. The molecule has 210 valence electrons. The van der Waals surface area contributed by atoms with E-state index >= 15 is 0 Å². The molecule has 2 atom stereocenters. The Labute approximate surface area is 240 Å². The maximum absolute atomic E-state index is 12.1. The number of H-pyrrole nitrogens is 1. The van der Waals surface area contributed by atoms with Crippen molar-refractivity contribution >= 4 is 16.6 Å². The fraction of sp³-hybridized carbons (Fsp3) is 0.206. The van der Waals surface area contributed by atoms with Crippen LogP contribution in [0, 0.1) is 0 Å². The molecular weight excluding hydrogens is 512 g/mol. The number of rotatable bonds is 13. The lowest BCUT2D eigenvalue weighted by molar-refractivity contribution is 0.176. The normalized spacial score (nSPS) is 12.6. The van der Waals surface area contributed by atoms with Gasteiger partial charge in [-0.1, -0.05) is 78.9 Å². The van der Waals surface area contributed by atoms with Crippen molar-refractivity contribution in [2.75, 3.05) is 25.0 Å². The standard InChI is InChI=1S/C34H36N4O3/c35-30(26-9-5-2-6-10-26)21-37-27-13-11-24(12-14-27)19-20-36-22-31(39)28-15-17-32(34-29(28)16-18-33(40)38-34)41-23-25-7-3-1-4-8-25/h1-18,30-31,36-37,39H,19-23,35H2,(H,38,40)/t30-,31+/m1/s1. The Kier molecular flexibility index (Phi) is 9.44. The van der Waals surface area contributed by atoms with Gasteiger partial charge in [-0.25, -0.2) is 0 Å². The van der Waals surface area contributed by atoms with Crippen LogP contribution < -0.4 is 26.7 Å². The molecule has 0 aliphatic rings. The molecule has 4 aromatic carbocycles. The average molecular weight is 549 g/mol. The van der Waals surface area contributed by atoms with E-state index in [0.29, 0.717) is 31.0 Å². The van der Waals surface area contributed by atoms with Crippen LogP contribution in [0.5, 0.6) is 5.75 Å². The number of fused-ring (bicyclic) bond motifs is 1. The Morgan fingerprint density at radius 2 is 1.54 bits per heavy atom. The van der Waals surface area contributed by atoms with Crippen molar-refractivity contribution in [3.8, 4) is 5.75 Å². The van der Waals surface area contributed by atoms with Crippen LogP contribution in [0.4, 0.5) is 5.69 Å². The molecule has 1 aromatic heterocycles. The highest BCUT2D eigenvalue weighted by molar-refractivity contribution is 5.87. The van der Waals surface area contributed by atoms with E-state index in [4.69, 9.17) is 10.5 Å². The first-order valence-corrected chi connectivity index (χ1v) is 13.9. The number of aromatic nitrogens is 1. The molecule has 7 nitrogen and oxygen atoms in total. The maximum atomic E-state index is 12.1. The van der Waals surface area contributed by atoms with Crippen molar-refractivity contribution in [3.63, 3.8) is 0 Å². The SMILES string of the molecule is N[C@H](CNc1ccc(CCNC[C@H](O)c2ccc(OCc3ccccc3)c3[nH]c(=O)ccc23)cc1)c1ccccc1. The molecule has 0 aliphatic carbocycles. The second kappa shape index (κ2) is 13.8. The molecule has 0 spiro atoms. The Morgan fingerprint density at radius 1 is 0.805 bits per heavy atom. The van der Waals surface area contributed by atoms with Crippen molar-refractivity contribution < 1.29 is 9.84 Å². The van der Waals surface area contributed by atoms with Crippen molar-refractivity contribution in [3.05, 3.63) is 142 Å². The number of aliphatic hydroxyl groups is 1. The third-order valence-electron chi connectivity index (χ3n) is 7.12. The van der Waals surface area contributed by atoms with Crippen molar-refractivity contribution in [1.29, 1.82) is 0 Å². The number of nitrogens with one attached hydrogen (secondary N) is 3. The molecular formula is C34H36N4O3. The zero-order valence-electron chi connectivity index (χ0n) is 22.9. The van der Waals surface area contributed by atoms with Crippen LogP contribution in [0.15, 0.2) is 114 Å². The quantitative estimate of drug-likeness (QED) is 0.131. The van der Waals surface area contributed by atoms with Gasteiger partial charge in [-0.2, -0.15) is 0 Å². The van der Waals surface area contributed by atoms with Gasteiger partial charge >= 0.3 is 0 Å². The molecule has 0 unspecified atom stereocenters. The summed E-state index contributed by atoms with van der Waals surface area (Å²) >= 11 is 0. The van der Waals surface area contributed by atoms with Crippen LogP contribution in [0.3, 0.4) is 0 Å². The average Bonchev–Trinajstić information content (AvgIpc) is 3.02. The van der Waals surface area contributed by atoms with E-state index in [-0.39, 0.29) is 11.6 Å². The number of anilines is 1. The topological polar surface area (TPSA) is 112 Å². The van der Waals surface area contributed by atoms with Gasteiger partial charge in [0.1, 0.15) is 12.4 Å². The third-order valence-corrected chi connectivity index (χ3v) is 7.12. The van der Waals surface area contributed by atoms with Crippen LogP contribution >= 0.6 is 0 Å². The molecule has 0 radical (unpaired) electrons. The minimum Gasteiger partial charge on any atom is -0.487 e. The molecule has 0 amide bonds. The van der Waals surface area contributed by atoms with Crippen LogP contribution in [-0.2, 0) is 13.0 Å². The summed E-state index contributed by atoms with van der Waals surface area (Å²) in [5, 5.41) is 18.5. The molecule has 0 saturated heterocycles. The smallest absolute Gasteiger partial charge is 0.248 e. The molecule has 1 heterocycles. The molecule has 5 rings (SSSR count). The van der Waals surface area contributed by atoms with Crippen LogP contribution in [0.2, 0.25) is 0 Å². The summed E-state index contributed by atoms with van der Waals surface area (Å²) in [7, 11) is 0. The van der Waals surface area contributed by atoms with Crippen LogP contribution in [0.1, 0.15) is 34.4 Å². The minimum atomic E-state index is -0.744. The highest BCUT2D eigenvalue weighted by Crippen LogP contribution is 2.30. The van der Waals surface area contributed by atoms with Gasteiger partial charge in [0.05, 0.1) is 11.6 Å². The number of aromatic amines is 1. The van der Waals surface area contributed by atoms with Gasteiger partial charge in [0.25, 0.3) is 0 Å². The summed E-state index contributed by atoms with van der Waals surface area (Å²) < 4.78 is 6.02. The summed E-state index contributed by atoms with van der Waals surface area (Å²) in [4.78, 5) is 15.0. The Balaban J connectivity index is 1.12. The van der Waals surface area contributed by atoms with Crippen molar-refractivity contribution in [2.24, 2.45) is 5.73 Å². The van der Waals surface area contributed by atoms with Gasteiger partial charge < -0.3 is 31.2 Å². The summed E-state index contributed by atoms with van der Waals surface area (Å²) in [5.74, 6) is 0.574. The summed E-state index contributed by atoms with van der Waals surface area (Å²) in [6.45, 7) is 2.14. The van der Waals surface area contributed by atoms with E-state index in [1.54, 1.807) is 6.07 Å². The molecule has 5 aromatic rings. The first kappa shape index (κ1) is 28.1. The first-order chi connectivity index (χ1) is 20.1. The van der Waals surface area contributed by atoms with Gasteiger partial charge in [0, 0.05) is 36.3 Å². The zero-order chi connectivity index (χ0) is 28.4. The summed E-state index contributed by atoms with van der Waals surface area (Å²) in [6, 6.07) is 35.1. The summed E-state index contributed by atoms with van der Waals surface area (Å²) in [5.41, 5.74) is 11.8. The molecule has 41 heavy (non-hydrogen) atoms. The lowest BCUT2D eigenvalue weighted by Gasteiger charge is -2.17. The zero-order valence-corrected chi connectivity index (χ0v) is 22.9. The molecule has 6 N–H and O–H groups in total. The Bertz CT molecular complexity index is 1590. The lowest BCUT2D eigenvalue weighted by Crippen LogP contribution is -2.24. The van der Waals surface area contributed by atoms with E-state index in [2.05, 4.69) is 39.9 Å². The van der Waals surface area contributed by atoms with Gasteiger partial charge in [0.15, 0.2) is 0 Å². The largest absolute Gasteiger partial charge is 0.487 e. The van der Waals surface area contributed by atoms with Crippen LogP contribution in [-0.4, -0.2) is 29.7 Å². The Morgan fingerprint density at radius 3 is 2.29 bits per heavy atom. The molecule has 0 bridgehead atoms. The fourth-order valence-electron chi connectivity index (χ4n) is 4.81. The first-order valence-electron chi connectivity index (χ1n) is 13.9. The number of nitrogens with two attached hydrogens (primary N) is 1. The van der Waals surface area contributed by atoms with Gasteiger partial charge in [-0.3, -0.25) is 4.79 Å². The van der Waals surface area contributed by atoms with Gasteiger partial charge in [-0.05, 0) is 59.5 Å². The highest BCUT2D eigenvalue weighted by atomic mass is 16.5. The third kappa shape index (κ3) is 7.61. The molecule has 7 heteroatoms. The van der Waals surface area contributed by atoms with E-state index in [9.17, 15) is 9.90 Å². The minimum absolute atomic E-state index is 0.0677. The molecule has 0 saturated carbocycles. The van der Waals surface area contributed by atoms with Crippen LogP contribution in [0.25, 0.3) is 10.9 Å². The van der Waals surface area contributed by atoms with E-state index in [1.807, 2.05) is 72.8 Å². The van der Waals surface area contributed by atoms with Crippen molar-refractivity contribution in [2.45, 2.75) is 25.2 Å². The number of aliphatic hydroxyl groups excluding tert-OH is 1. The van der Waals surface area contributed by atoms with Gasteiger partial charge in [0.2, 0.25) is 5.56 Å². The number of ether oxygens (including phenoxy) is 1. The predicted octanol–water partition coefficient (Wildman–Crippen LogP) is 5.08. The molecule has 0 aliphatic heterocycles. The van der Waals surface area contributed by atoms with E-state index in [1.165, 1.54) is 11.6 Å². The number of hydrogen-bond donors (Lipinski definition) is 5. The predicted molar refractivity (Wildman–Crippen MR) is 165 cm³/mol. The van der Waals surface area contributed by atoms with Crippen molar-refractivity contribution in [1.82, 2.24) is 10.3 Å². The monoisotopic (exact) mass is 548 g/mol.